The third-order valence-corrected chi connectivity index (χ3v) is 3.74. The highest BCUT2D eigenvalue weighted by Gasteiger charge is 2.16. The van der Waals surface area contributed by atoms with Crippen LogP contribution in [0.15, 0.2) is 18.2 Å². The number of aryl methyl sites for hydroxylation is 1. The first-order valence-corrected chi connectivity index (χ1v) is 7.30. The molecule has 1 aliphatic heterocycles. The quantitative estimate of drug-likeness (QED) is 0.872. The van der Waals surface area contributed by atoms with Crippen molar-refractivity contribution in [1.82, 2.24) is 5.32 Å². The second-order valence-electron chi connectivity index (χ2n) is 5.76. The molecule has 5 nitrogen and oxygen atoms in total. The molecule has 0 radical (unpaired) electrons. The first-order chi connectivity index (χ1) is 9.95. The molecule has 0 spiro atoms. The molecule has 1 aromatic rings. The Hall–Kier alpha value is -2.04. The van der Waals surface area contributed by atoms with Crippen LogP contribution in [0.3, 0.4) is 0 Å². The van der Waals surface area contributed by atoms with Gasteiger partial charge in [0, 0.05) is 24.2 Å². The van der Waals surface area contributed by atoms with Crippen LogP contribution in [0.5, 0.6) is 5.75 Å². The third-order valence-electron chi connectivity index (χ3n) is 3.74. The minimum Gasteiger partial charge on any atom is -0.484 e. The van der Waals surface area contributed by atoms with Gasteiger partial charge in [0.25, 0.3) is 5.91 Å². The maximum absolute atomic E-state index is 11.8. The molecule has 0 bridgehead atoms. The summed E-state index contributed by atoms with van der Waals surface area (Å²) < 4.78 is 5.49. The summed E-state index contributed by atoms with van der Waals surface area (Å²) in [4.78, 5) is 23.1. The molecule has 1 aromatic carbocycles. The number of hydrogen-bond acceptors (Lipinski definition) is 3. The van der Waals surface area contributed by atoms with Gasteiger partial charge in [-0.15, -0.1) is 0 Å². The Balaban J connectivity index is 1.90. The van der Waals surface area contributed by atoms with Gasteiger partial charge in [0.15, 0.2) is 6.61 Å². The van der Waals surface area contributed by atoms with E-state index < -0.39 is 0 Å². The molecule has 0 aromatic heterocycles. The minimum absolute atomic E-state index is 0.0168. The maximum atomic E-state index is 11.8. The molecule has 1 aliphatic rings. The molecule has 0 saturated heterocycles. The van der Waals surface area contributed by atoms with Gasteiger partial charge in [0.05, 0.1) is 0 Å². The normalized spacial score (nSPS) is 15.1. The second kappa shape index (κ2) is 6.61. The van der Waals surface area contributed by atoms with Gasteiger partial charge in [-0.05, 0) is 30.9 Å². The molecule has 0 aliphatic carbocycles. The molecule has 1 heterocycles. The van der Waals surface area contributed by atoms with E-state index in [9.17, 15) is 9.59 Å². The van der Waals surface area contributed by atoms with E-state index >= 15 is 0 Å². The van der Waals surface area contributed by atoms with Crippen molar-refractivity contribution >= 4 is 17.5 Å². The van der Waals surface area contributed by atoms with Crippen molar-refractivity contribution in [3.63, 3.8) is 0 Å². The van der Waals surface area contributed by atoms with Gasteiger partial charge in [-0.1, -0.05) is 19.9 Å². The summed E-state index contributed by atoms with van der Waals surface area (Å²) in [6.07, 6.45) is 1.26. The van der Waals surface area contributed by atoms with Crippen molar-refractivity contribution in [2.45, 2.75) is 39.7 Å². The number of ether oxygens (including phenoxy) is 1. The third kappa shape index (κ3) is 4.21. The molecule has 0 fully saturated rings. The number of hydrogen-bond donors (Lipinski definition) is 2. The fourth-order valence-electron chi connectivity index (χ4n) is 2.05. The number of amides is 2. The molecule has 5 heteroatoms. The highest BCUT2D eigenvalue weighted by Crippen LogP contribution is 2.27. The van der Waals surface area contributed by atoms with E-state index in [1.54, 1.807) is 6.07 Å². The zero-order chi connectivity index (χ0) is 15.4. The molecule has 1 atom stereocenters. The Bertz CT molecular complexity index is 540. The number of nitrogens with one attached hydrogen (secondary N) is 2. The lowest BCUT2D eigenvalue weighted by atomic mass is 10.0. The standard InChI is InChI=1S/C16H22N2O3/c1-10(2)11(3)17-16(20)9-21-13-6-4-12-5-7-15(19)18-14(12)8-13/h4,6,8,10-11H,5,7,9H2,1-3H3,(H,17,20)(H,18,19). The average molecular weight is 290 g/mol. The molecule has 2 rings (SSSR count). The van der Waals surface area contributed by atoms with Crippen molar-refractivity contribution in [1.29, 1.82) is 0 Å². The fourth-order valence-corrected chi connectivity index (χ4v) is 2.05. The number of carbonyl (C=O) groups is 2. The summed E-state index contributed by atoms with van der Waals surface area (Å²) in [5.41, 5.74) is 1.87. The summed E-state index contributed by atoms with van der Waals surface area (Å²) in [5, 5.41) is 5.70. The first-order valence-electron chi connectivity index (χ1n) is 7.30. The molecule has 0 saturated carbocycles. The van der Waals surface area contributed by atoms with Crippen LogP contribution in [0, 0.1) is 5.92 Å². The van der Waals surface area contributed by atoms with Gasteiger partial charge in [0.1, 0.15) is 5.75 Å². The lowest BCUT2D eigenvalue weighted by Gasteiger charge is -2.19. The Morgan fingerprint density at radius 3 is 2.81 bits per heavy atom. The topological polar surface area (TPSA) is 67.4 Å². The summed E-state index contributed by atoms with van der Waals surface area (Å²) >= 11 is 0. The SMILES string of the molecule is CC(C)C(C)NC(=O)COc1ccc2c(c1)NC(=O)CC2. The predicted molar refractivity (Wildman–Crippen MR) is 81.3 cm³/mol. The van der Waals surface area contributed by atoms with Gasteiger partial charge in [-0.25, -0.2) is 0 Å². The number of anilines is 1. The van der Waals surface area contributed by atoms with Crippen LogP contribution in [0.2, 0.25) is 0 Å². The molecule has 21 heavy (non-hydrogen) atoms. The van der Waals surface area contributed by atoms with E-state index in [-0.39, 0.29) is 24.5 Å². The number of benzene rings is 1. The van der Waals surface area contributed by atoms with E-state index in [4.69, 9.17) is 4.74 Å². The lowest BCUT2D eigenvalue weighted by molar-refractivity contribution is -0.124. The zero-order valence-electron chi connectivity index (χ0n) is 12.7. The Kier molecular flexibility index (Phi) is 4.83. The molecule has 1 unspecified atom stereocenters. The number of fused-ring (bicyclic) bond motifs is 1. The van der Waals surface area contributed by atoms with Crippen LogP contribution in [-0.4, -0.2) is 24.5 Å². The predicted octanol–water partition coefficient (Wildman–Crippen LogP) is 2.11. The summed E-state index contributed by atoms with van der Waals surface area (Å²) in [6, 6.07) is 5.64. The summed E-state index contributed by atoms with van der Waals surface area (Å²) in [5.74, 6) is 0.845. The highest BCUT2D eigenvalue weighted by molar-refractivity contribution is 5.94. The minimum atomic E-state index is -0.141. The van der Waals surface area contributed by atoms with Crippen molar-refractivity contribution < 1.29 is 14.3 Å². The Labute approximate surface area is 125 Å². The second-order valence-corrected chi connectivity index (χ2v) is 5.76. The van der Waals surface area contributed by atoms with Gasteiger partial charge >= 0.3 is 0 Å². The summed E-state index contributed by atoms with van der Waals surface area (Å²) in [6.45, 7) is 6.05. The Morgan fingerprint density at radius 1 is 1.33 bits per heavy atom. The van der Waals surface area contributed by atoms with Crippen LogP contribution in [0.4, 0.5) is 5.69 Å². The molecular weight excluding hydrogens is 268 g/mol. The van der Waals surface area contributed by atoms with Crippen LogP contribution >= 0.6 is 0 Å². The largest absolute Gasteiger partial charge is 0.484 e. The van der Waals surface area contributed by atoms with Gasteiger partial charge < -0.3 is 15.4 Å². The van der Waals surface area contributed by atoms with E-state index in [0.717, 1.165) is 17.7 Å². The number of rotatable bonds is 5. The van der Waals surface area contributed by atoms with E-state index in [2.05, 4.69) is 24.5 Å². The van der Waals surface area contributed by atoms with E-state index in [1.807, 2.05) is 19.1 Å². The smallest absolute Gasteiger partial charge is 0.258 e. The van der Waals surface area contributed by atoms with Crippen LogP contribution in [0.25, 0.3) is 0 Å². The maximum Gasteiger partial charge on any atom is 0.258 e. The van der Waals surface area contributed by atoms with Crippen LogP contribution in [0.1, 0.15) is 32.8 Å². The van der Waals surface area contributed by atoms with Crippen molar-refractivity contribution in [3.05, 3.63) is 23.8 Å². The zero-order valence-corrected chi connectivity index (χ0v) is 12.7. The molecular formula is C16H22N2O3. The fraction of sp³-hybridized carbons (Fsp3) is 0.500. The van der Waals surface area contributed by atoms with E-state index in [0.29, 0.717) is 18.1 Å². The monoisotopic (exact) mass is 290 g/mol. The van der Waals surface area contributed by atoms with Crippen molar-refractivity contribution in [3.8, 4) is 5.75 Å². The van der Waals surface area contributed by atoms with Gasteiger partial charge in [-0.3, -0.25) is 9.59 Å². The molecule has 2 N–H and O–H groups in total. The lowest BCUT2D eigenvalue weighted by Crippen LogP contribution is -2.38. The first kappa shape index (κ1) is 15.4. The molecule has 114 valence electrons. The van der Waals surface area contributed by atoms with Crippen molar-refractivity contribution in [2.24, 2.45) is 5.92 Å². The van der Waals surface area contributed by atoms with Gasteiger partial charge in [-0.2, -0.15) is 0 Å². The summed E-state index contributed by atoms with van der Waals surface area (Å²) in [7, 11) is 0. The van der Waals surface area contributed by atoms with Crippen LogP contribution in [-0.2, 0) is 16.0 Å². The Morgan fingerprint density at radius 2 is 2.10 bits per heavy atom. The van der Waals surface area contributed by atoms with E-state index in [1.165, 1.54) is 0 Å². The highest BCUT2D eigenvalue weighted by atomic mass is 16.5. The van der Waals surface area contributed by atoms with Gasteiger partial charge in [0.2, 0.25) is 5.91 Å². The van der Waals surface area contributed by atoms with Crippen LogP contribution < -0.4 is 15.4 Å². The molecule has 2 amide bonds. The number of carbonyl (C=O) groups excluding carboxylic acids is 2. The average Bonchev–Trinajstić information content (AvgIpc) is 2.44. The van der Waals surface area contributed by atoms with Crippen molar-refractivity contribution in [2.75, 3.05) is 11.9 Å².